The Morgan fingerprint density at radius 3 is 2.88 bits per heavy atom. The molecule has 0 aliphatic carbocycles. The van der Waals surface area contributed by atoms with Crippen LogP contribution in [-0.2, 0) is 6.42 Å². The molecule has 1 aromatic carbocycles. The van der Waals surface area contributed by atoms with Gasteiger partial charge in [0.1, 0.15) is 11.3 Å². The van der Waals surface area contributed by atoms with Gasteiger partial charge in [-0.05, 0) is 39.8 Å². The van der Waals surface area contributed by atoms with Gasteiger partial charge >= 0.3 is 6.03 Å². The molecular weight excluding hydrogens is 446 g/mol. The van der Waals surface area contributed by atoms with Crippen LogP contribution >= 0.6 is 11.3 Å². The number of anilines is 2. The highest BCUT2D eigenvalue weighted by atomic mass is 32.1. The minimum Gasteiger partial charge on any atom is -0.494 e. The van der Waals surface area contributed by atoms with Gasteiger partial charge in [-0.1, -0.05) is 11.3 Å². The summed E-state index contributed by atoms with van der Waals surface area (Å²) in [4.78, 5) is 24.3. The van der Waals surface area contributed by atoms with Crippen LogP contribution in [0.1, 0.15) is 44.3 Å². The third-order valence-corrected chi connectivity index (χ3v) is 6.52. The van der Waals surface area contributed by atoms with Crippen molar-refractivity contribution in [2.45, 2.75) is 51.8 Å². The summed E-state index contributed by atoms with van der Waals surface area (Å²) in [6.07, 6.45) is 0.489. The first-order valence-electron chi connectivity index (χ1n) is 10.9. The molecule has 0 saturated carbocycles. The van der Waals surface area contributed by atoms with Crippen molar-refractivity contribution < 1.29 is 24.2 Å². The molecule has 0 spiro atoms. The summed E-state index contributed by atoms with van der Waals surface area (Å²) in [7, 11) is 0. The summed E-state index contributed by atoms with van der Waals surface area (Å²) >= 11 is 1.37. The van der Waals surface area contributed by atoms with Gasteiger partial charge in [0.25, 0.3) is 6.01 Å². The third-order valence-electron chi connectivity index (χ3n) is 5.34. The number of benzene rings is 1. The van der Waals surface area contributed by atoms with E-state index in [2.05, 4.69) is 20.6 Å². The number of fused-ring (bicyclic) bond motifs is 2. The monoisotopic (exact) mass is 475 g/mol. The molecule has 0 saturated heterocycles. The maximum absolute atomic E-state index is 12.2. The van der Waals surface area contributed by atoms with Gasteiger partial charge in [0.2, 0.25) is 0 Å². The number of aliphatic hydroxyl groups is 2. The highest BCUT2D eigenvalue weighted by Crippen LogP contribution is 2.41. The molecular formula is C22H29N5O5S. The third kappa shape index (κ3) is 5.05. The molecule has 4 rings (SSSR count). The average molecular weight is 476 g/mol. The number of nitrogens with zero attached hydrogens (tertiary/aromatic N) is 3. The lowest BCUT2D eigenvalue weighted by molar-refractivity contribution is 0.0826. The number of amides is 2. The summed E-state index contributed by atoms with van der Waals surface area (Å²) in [5.74, 6) is 0.721. The van der Waals surface area contributed by atoms with Crippen molar-refractivity contribution in [2.24, 2.45) is 0 Å². The van der Waals surface area contributed by atoms with Crippen molar-refractivity contribution in [2.75, 3.05) is 30.0 Å². The van der Waals surface area contributed by atoms with E-state index in [9.17, 15) is 15.0 Å². The Morgan fingerprint density at radius 1 is 1.39 bits per heavy atom. The Morgan fingerprint density at radius 2 is 2.18 bits per heavy atom. The Balaban J connectivity index is 1.57. The second kappa shape index (κ2) is 9.16. The van der Waals surface area contributed by atoms with Crippen LogP contribution in [0.15, 0.2) is 22.6 Å². The molecule has 0 bridgehead atoms. The molecule has 1 aliphatic rings. The molecule has 10 nitrogen and oxygen atoms in total. The van der Waals surface area contributed by atoms with Crippen LogP contribution in [0.3, 0.4) is 0 Å². The first-order valence-corrected chi connectivity index (χ1v) is 11.7. The number of nitrogens with one attached hydrogen (secondary N) is 2. The molecule has 1 aliphatic heterocycles. The summed E-state index contributed by atoms with van der Waals surface area (Å²) in [6, 6.07) is 5.04. The minimum absolute atomic E-state index is 0.0982. The second-order valence-electron chi connectivity index (χ2n) is 8.63. The standard InChI is InChI=1S/C22H29N5O5S/c1-5-31-14-6-7-17-15(9-14)25-21(32-17)27-12(2)18-16(8-13(27)10-28)24-20(33-18)26-19(29)23-11-22(3,4)30/h6-7,9,12-13,28,30H,5,8,10-11H2,1-4H3,(H2,23,24,26,29)/t12-,13-/m0/s1. The van der Waals surface area contributed by atoms with Crippen LogP contribution in [0.2, 0.25) is 0 Å². The van der Waals surface area contributed by atoms with Crippen LogP contribution < -0.4 is 20.3 Å². The van der Waals surface area contributed by atoms with Crippen molar-refractivity contribution in [3.63, 3.8) is 0 Å². The lowest BCUT2D eigenvalue weighted by Crippen LogP contribution is -2.45. The molecule has 0 fully saturated rings. The van der Waals surface area contributed by atoms with E-state index in [0.29, 0.717) is 35.3 Å². The van der Waals surface area contributed by atoms with E-state index in [4.69, 9.17) is 9.15 Å². The number of aromatic nitrogens is 2. The van der Waals surface area contributed by atoms with Gasteiger partial charge in [0.15, 0.2) is 10.7 Å². The lowest BCUT2D eigenvalue weighted by Gasteiger charge is -2.37. The molecule has 4 N–H and O–H groups in total. The van der Waals surface area contributed by atoms with Crippen LogP contribution in [0.5, 0.6) is 5.75 Å². The molecule has 2 amide bonds. The van der Waals surface area contributed by atoms with E-state index >= 15 is 0 Å². The number of carbonyl (C=O) groups excluding carboxylic acids is 1. The zero-order chi connectivity index (χ0) is 23.8. The molecule has 3 heterocycles. The van der Waals surface area contributed by atoms with E-state index in [1.165, 1.54) is 11.3 Å². The van der Waals surface area contributed by atoms with Gasteiger partial charge in [-0.15, -0.1) is 0 Å². The van der Waals surface area contributed by atoms with Crippen LogP contribution in [0, 0.1) is 0 Å². The van der Waals surface area contributed by atoms with E-state index in [0.717, 1.165) is 16.3 Å². The SMILES string of the molecule is CCOc1ccc2oc(N3[C@H](CO)Cc4nc(NC(=O)NCC(C)(C)O)sc4[C@@H]3C)nc2c1. The molecule has 2 atom stereocenters. The van der Waals surface area contributed by atoms with Crippen LogP contribution in [0.25, 0.3) is 11.1 Å². The summed E-state index contributed by atoms with van der Waals surface area (Å²) < 4.78 is 11.6. The average Bonchev–Trinajstić information content (AvgIpc) is 3.35. The smallest absolute Gasteiger partial charge is 0.321 e. The van der Waals surface area contributed by atoms with Crippen molar-refractivity contribution in [1.29, 1.82) is 0 Å². The predicted octanol–water partition coefficient (Wildman–Crippen LogP) is 3.06. The number of aliphatic hydroxyl groups excluding tert-OH is 1. The number of hydrogen-bond acceptors (Lipinski definition) is 9. The first-order chi connectivity index (χ1) is 15.7. The number of hydrogen-bond donors (Lipinski definition) is 4. The van der Waals surface area contributed by atoms with Crippen LogP contribution in [-0.4, -0.2) is 57.6 Å². The number of oxazole rings is 1. The van der Waals surface area contributed by atoms with Crippen molar-refractivity contribution in [3.8, 4) is 5.75 Å². The van der Waals surface area contributed by atoms with Gasteiger partial charge in [0.05, 0.1) is 41.5 Å². The van der Waals surface area contributed by atoms with Gasteiger partial charge < -0.3 is 29.6 Å². The normalized spacial score (nSPS) is 18.3. The molecule has 11 heteroatoms. The fraction of sp³-hybridized carbons (Fsp3) is 0.500. The fourth-order valence-electron chi connectivity index (χ4n) is 3.83. The quantitative estimate of drug-likeness (QED) is 0.410. The number of urea groups is 1. The van der Waals surface area contributed by atoms with E-state index < -0.39 is 11.6 Å². The van der Waals surface area contributed by atoms with Crippen molar-refractivity contribution in [1.82, 2.24) is 15.3 Å². The Bertz CT molecular complexity index is 1140. The van der Waals surface area contributed by atoms with Gasteiger partial charge in [-0.2, -0.15) is 4.98 Å². The van der Waals surface area contributed by atoms with E-state index in [-0.39, 0.29) is 25.2 Å². The Labute approximate surface area is 195 Å². The largest absolute Gasteiger partial charge is 0.494 e. The second-order valence-corrected chi connectivity index (χ2v) is 9.66. The van der Waals surface area contributed by atoms with Crippen molar-refractivity contribution >= 4 is 39.6 Å². The zero-order valence-electron chi connectivity index (χ0n) is 19.1. The topological polar surface area (TPSA) is 133 Å². The molecule has 0 unspecified atom stereocenters. The molecule has 3 aromatic rings. The number of rotatable bonds is 7. The van der Waals surface area contributed by atoms with E-state index in [1.54, 1.807) is 13.8 Å². The van der Waals surface area contributed by atoms with Gasteiger partial charge in [-0.3, -0.25) is 5.32 Å². The molecule has 0 radical (unpaired) electrons. The lowest BCUT2D eigenvalue weighted by atomic mass is 10.00. The van der Waals surface area contributed by atoms with Gasteiger partial charge in [-0.25, -0.2) is 9.78 Å². The summed E-state index contributed by atoms with van der Waals surface area (Å²) in [6.45, 7) is 7.73. The predicted molar refractivity (Wildman–Crippen MR) is 126 cm³/mol. The maximum atomic E-state index is 12.2. The highest BCUT2D eigenvalue weighted by Gasteiger charge is 2.37. The maximum Gasteiger partial charge on any atom is 0.321 e. The first kappa shape index (κ1) is 23.3. The minimum atomic E-state index is -1.01. The Kier molecular flexibility index (Phi) is 6.46. The van der Waals surface area contributed by atoms with Crippen molar-refractivity contribution in [3.05, 3.63) is 28.8 Å². The number of ether oxygens (including phenoxy) is 1. The number of thiazole rings is 1. The van der Waals surface area contributed by atoms with E-state index in [1.807, 2.05) is 36.9 Å². The molecule has 2 aromatic heterocycles. The zero-order valence-corrected chi connectivity index (χ0v) is 19.9. The molecule has 33 heavy (non-hydrogen) atoms. The van der Waals surface area contributed by atoms with Crippen LogP contribution in [0.4, 0.5) is 15.9 Å². The number of carbonyl (C=O) groups is 1. The fourth-order valence-corrected chi connectivity index (χ4v) is 4.87. The molecule has 178 valence electrons. The Hall–Kier alpha value is -2.89. The summed E-state index contributed by atoms with van der Waals surface area (Å²) in [5, 5.41) is 25.7. The van der Waals surface area contributed by atoms with Gasteiger partial charge in [0, 0.05) is 19.0 Å². The highest BCUT2D eigenvalue weighted by molar-refractivity contribution is 7.16. The summed E-state index contributed by atoms with van der Waals surface area (Å²) in [5.41, 5.74) is 1.14.